The lowest BCUT2D eigenvalue weighted by atomic mass is 9.87. The van der Waals surface area contributed by atoms with Gasteiger partial charge >= 0.3 is 0 Å². The van der Waals surface area contributed by atoms with Crippen LogP contribution >= 0.6 is 0 Å². The molecule has 1 aromatic heterocycles. The molecule has 1 aliphatic rings. The highest BCUT2D eigenvalue weighted by Crippen LogP contribution is 2.26. The molecule has 2 rings (SSSR count). The van der Waals surface area contributed by atoms with Gasteiger partial charge in [-0.2, -0.15) is 0 Å². The molecule has 3 heteroatoms. The fraction of sp³-hybridized carbons (Fsp3) is 0.688. The Bertz CT molecular complexity index is 405. The second kappa shape index (κ2) is 5.91. The van der Waals surface area contributed by atoms with E-state index in [1.54, 1.807) is 0 Å². The third kappa shape index (κ3) is 4.50. The second-order valence-electron chi connectivity index (χ2n) is 6.55. The van der Waals surface area contributed by atoms with Gasteiger partial charge in [-0.25, -0.2) is 4.98 Å². The highest BCUT2D eigenvalue weighted by Gasteiger charge is 2.33. The summed E-state index contributed by atoms with van der Waals surface area (Å²) in [5.74, 6) is 0.783. The molecule has 0 saturated heterocycles. The topological polar surface area (TPSA) is 34.1 Å². The van der Waals surface area contributed by atoms with Crippen molar-refractivity contribution >= 4 is 0 Å². The van der Waals surface area contributed by atoms with E-state index in [4.69, 9.17) is 4.74 Å². The van der Waals surface area contributed by atoms with Gasteiger partial charge in [0.2, 0.25) is 5.88 Å². The van der Waals surface area contributed by atoms with Crippen molar-refractivity contribution in [3.63, 3.8) is 0 Å². The van der Waals surface area contributed by atoms with Gasteiger partial charge < -0.3 is 10.1 Å². The van der Waals surface area contributed by atoms with Crippen LogP contribution in [0.3, 0.4) is 0 Å². The first kappa shape index (κ1) is 14.3. The molecule has 0 spiro atoms. The maximum atomic E-state index is 5.93. The molecule has 106 valence electrons. The summed E-state index contributed by atoms with van der Waals surface area (Å²) in [5, 5.41) is 3.60. The van der Waals surface area contributed by atoms with Crippen molar-refractivity contribution in [2.45, 2.75) is 71.1 Å². The van der Waals surface area contributed by atoms with Crippen molar-refractivity contribution in [2.75, 3.05) is 0 Å². The van der Waals surface area contributed by atoms with E-state index in [0.717, 1.165) is 31.6 Å². The molecule has 1 heterocycles. The Balaban J connectivity index is 1.79. The van der Waals surface area contributed by atoms with Crippen LogP contribution in [0.5, 0.6) is 5.88 Å². The summed E-state index contributed by atoms with van der Waals surface area (Å²) in [4.78, 5) is 4.30. The van der Waals surface area contributed by atoms with Crippen LogP contribution in [0, 0.1) is 0 Å². The van der Waals surface area contributed by atoms with Crippen LogP contribution in [0.2, 0.25) is 0 Å². The van der Waals surface area contributed by atoms with Crippen molar-refractivity contribution < 1.29 is 4.74 Å². The van der Waals surface area contributed by atoms with Gasteiger partial charge in [-0.3, -0.25) is 0 Å². The first-order valence-electron chi connectivity index (χ1n) is 7.35. The molecule has 0 unspecified atom stereocenters. The number of hydrogen-bond donors (Lipinski definition) is 1. The van der Waals surface area contributed by atoms with Crippen LogP contribution < -0.4 is 10.1 Å². The normalized spacial score (nSPS) is 22.9. The molecule has 19 heavy (non-hydrogen) atoms. The Labute approximate surface area is 116 Å². The molecule has 0 aromatic carbocycles. The van der Waals surface area contributed by atoms with Gasteiger partial charge in [0.1, 0.15) is 6.10 Å². The summed E-state index contributed by atoms with van der Waals surface area (Å²) in [6.07, 6.45) is 6.59. The first-order valence-corrected chi connectivity index (χ1v) is 7.35. The number of aromatic nitrogens is 1. The van der Waals surface area contributed by atoms with Crippen LogP contribution in [0.4, 0.5) is 0 Å². The zero-order valence-electron chi connectivity index (χ0n) is 12.6. The van der Waals surface area contributed by atoms with E-state index in [-0.39, 0.29) is 5.54 Å². The molecule has 1 N–H and O–H groups in total. The number of nitrogens with zero attached hydrogens (tertiary/aromatic N) is 1. The van der Waals surface area contributed by atoms with Gasteiger partial charge in [0, 0.05) is 23.8 Å². The number of pyridine rings is 1. The van der Waals surface area contributed by atoms with E-state index in [0.29, 0.717) is 12.1 Å². The van der Waals surface area contributed by atoms with Gasteiger partial charge in [0.25, 0.3) is 0 Å². The third-order valence-electron chi connectivity index (χ3n) is 3.36. The van der Waals surface area contributed by atoms with E-state index < -0.39 is 0 Å². The van der Waals surface area contributed by atoms with E-state index >= 15 is 0 Å². The zero-order chi connectivity index (χ0) is 13.9. The minimum atomic E-state index is 0.189. The monoisotopic (exact) mass is 262 g/mol. The molecule has 0 bridgehead atoms. The van der Waals surface area contributed by atoms with Gasteiger partial charge in [-0.05, 0) is 51.7 Å². The second-order valence-corrected chi connectivity index (χ2v) is 6.55. The summed E-state index contributed by atoms with van der Waals surface area (Å²) in [6, 6.07) is 4.73. The van der Waals surface area contributed by atoms with Crippen molar-refractivity contribution in [3.05, 3.63) is 23.9 Å². The highest BCUT2D eigenvalue weighted by atomic mass is 16.5. The molecule has 0 amide bonds. The standard InChI is InChI=1S/C16H26N2O/c1-5-6-12-7-8-17-15(9-12)19-14-10-13(11-14)18-16(2,3)4/h7-9,13-14,18H,5-6,10-11H2,1-4H3. The zero-order valence-corrected chi connectivity index (χ0v) is 12.6. The predicted octanol–water partition coefficient (Wildman–Crippen LogP) is 3.33. The van der Waals surface area contributed by atoms with Crippen LogP contribution in [-0.2, 0) is 6.42 Å². The van der Waals surface area contributed by atoms with E-state index in [1.807, 2.05) is 6.20 Å². The molecule has 1 saturated carbocycles. The highest BCUT2D eigenvalue weighted by molar-refractivity contribution is 5.21. The number of nitrogens with one attached hydrogen (secondary N) is 1. The van der Waals surface area contributed by atoms with Crippen molar-refractivity contribution in [3.8, 4) is 5.88 Å². The molecule has 1 aliphatic carbocycles. The fourth-order valence-corrected chi connectivity index (χ4v) is 2.52. The van der Waals surface area contributed by atoms with E-state index in [9.17, 15) is 0 Å². The molecule has 0 radical (unpaired) electrons. The molecule has 0 atom stereocenters. The van der Waals surface area contributed by atoms with Crippen LogP contribution in [0.1, 0.15) is 52.5 Å². The molecular formula is C16H26N2O. The lowest BCUT2D eigenvalue weighted by Crippen LogP contribution is -2.53. The number of ether oxygens (including phenoxy) is 1. The molecular weight excluding hydrogens is 236 g/mol. The Hall–Kier alpha value is -1.09. The predicted molar refractivity (Wildman–Crippen MR) is 78.6 cm³/mol. The van der Waals surface area contributed by atoms with Crippen molar-refractivity contribution in [1.29, 1.82) is 0 Å². The first-order chi connectivity index (χ1) is 8.96. The Morgan fingerprint density at radius 1 is 1.37 bits per heavy atom. The molecule has 3 nitrogen and oxygen atoms in total. The van der Waals surface area contributed by atoms with Gasteiger partial charge in [0.15, 0.2) is 0 Å². The summed E-state index contributed by atoms with van der Waals surface area (Å²) >= 11 is 0. The number of aryl methyl sites for hydroxylation is 1. The number of rotatable bonds is 5. The van der Waals surface area contributed by atoms with Crippen molar-refractivity contribution in [1.82, 2.24) is 10.3 Å². The van der Waals surface area contributed by atoms with E-state index in [2.05, 4.69) is 50.1 Å². The minimum absolute atomic E-state index is 0.189. The maximum Gasteiger partial charge on any atom is 0.213 e. The summed E-state index contributed by atoms with van der Waals surface area (Å²) < 4.78 is 5.93. The molecule has 1 aromatic rings. The summed E-state index contributed by atoms with van der Waals surface area (Å²) in [6.45, 7) is 8.81. The Morgan fingerprint density at radius 3 is 2.74 bits per heavy atom. The largest absolute Gasteiger partial charge is 0.474 e. The summed E-state index contributed by atoms with van der Waals surface area (Å²) in [7, 11) is 0. The maximum absolute atomic E-state index is 5.93. The average molecular weight is 262 g/mol. The summed E-state index contributed by atoms with van der Waals surface area (Å²) in [5.41, 5.74) is 1.51. The molecule has 1 fully saturated rings. The van der Waals surface area contributed by atoms with Gasteiger partial charge in [-0.1, -0.05) is 13.3 Å². The number of hydrogen-bond acceptors (Lipinski definition) is 3. The van der Waals surface area contributed by atoms with Crippen LogP contribution in [0.15, 0.2) is 18.3 Å². The lowest BCUT2D eigenvalue weighted by Gasteiger charge is -2.39. The van der Waals surface area contributed by atoms with E-state index in [1.165, 1.54) is 5.56 Å². The minimum Gasteiger partial charge on any atom is -0.474 e. The Kier molecular flexibility index (Phi) is 4.46. The lowest BCUT2D eigenvalue weighted by molar-refractivity contribution is 0.0694. The SMILES string of the molecule is CCCc1ccnc(OC2CC(NC(C)(C)C)C2)c1. The fourth-order valence-electron chi connectivity index (χ4n) is 2.52. The van der Waals surface area contributed by atoms with Crippen molar-refractivity contribution in [2.24, 2.45) is 0 Å². The molecule has 0 aliphatic heterocycles. The quantitative estimate of drug-likeness (QED) is 0.883. The average Bonchev–Trinajstić information content (AvgIpc) is 2.25. The smallest absolute Gasteiger partial charge is 0.213 e. The third-order valence-corrected chi connectivity index (χ3v) is 3.36. The van der Waals surface area contributed by atoms with Crippen LogP contribution in [-0.4, -0.2) is 22.7 Å². The van der Waals surface area contributed by atoms with Gasteiger partial charge in [0.05, 0.1) is 0 Å². The van der Waals surface area contributed by atoms with Gasteiger partial charge in [-0.15, -0.1) is 0 Å². The Morgan fingerprint density at radius 2 is 2.11 bits per heavy atom. The van der Waals surface area contributed by atoms with Crippen LogP contribution in [0.25, 0.3) is 0 Å².